The van der Waals surface area contributed by atoms with Gasteiger partial charge in [-0.15, -0.1) is 0 Å². The number of pyridine rings is 1. The molecule has 0 unspecified atom stereocenters. The van der Waals surface area contributed by atoms with Gasteiger partial charge in [0.05, 0.1) is 17.6 Å². The van der Waals surface area contributed by atoms with Crippen molar-refractivity contribution in [3.8, 4) is 5.82 Å². The summed E-state index contributed by atoms with van der Waals surface area (Å²) in [6, 6.07) is 4.53. The van der Waals surface area contributed by atoms with Gasteiger partial charge in [-0.3, -0.25) is 8.87 Å². The summed E-state index contributed by atoms with van der Waals surface area (Å²) < 4.78 is 43.8. The van der Waals surface area contributed by atoms with E-state index in [9.17, 15) is 12.8 Å². The normalized spacial score (nSPS) is 16.5. The highest BCUT2D eigenvalue weighted by molar-refractivity contribution is 7.93. The number of halogens is 1. The Hall–Kier alpha value is -2.74. The molecule has 3 heterocycles. The van der Waals surface area contributed by atoms with Gasteiger partial charge in [0.15, 0.2) is 0 Å². The van der Waals surface area contributed by atoms with Crippen LogP contribution in [0.2, 0.25) is 0 Å². The lowest BCUT2D eigenvalue weighted by atomic mass is 10.0. The van der Waals surface area contributed by atoms with Crippen LogP contribution in [0.1, 0.15) is 35.2 Å². The van der Waals surface area contributed by atoms with Crippen LogP contribution >= 0.6 is 0 Å². The van der Waals surface area contributed by atoms with E-state index in [1.165, 1.54) is 22.6 Å². The van der Waals surface area contributed by atoms with Crippen molar-refractivity contribution in [3.05, 3.63) is 65.1 Å². The van der Waals surface area contributed by atoms with E-state index in [2.05, 4.69) is 9.97 Å². The van der Waals surface area contributed by atoms with E-state index in [-0.39, 0.29) is 23.2 Å². The molecule has 0 spiro atoms. The summed E-state index contributed by atoms with van der Waals surface area (Å²) in [5, 5.41) is 0. The highest BCUT2D eigenvalue weighted by atomic mass is 32.2. The van der Waals surface area contributed by atoms with E-state index < -0.39 is 10.0 Å². The number of aryl methyl sites for hydroxylation is 3. The Kier molecular flexibility index (Phi) is 4.26. The third-order valence-corrected chi connectivity index (χ3v) is 7.00. The second-order valence-electron chi connectivity index (χ2n) is 7.33. The predicted octanol–water partition coefficient (Wildman–Crippen LogP) is 3.64. The van der Waals surface area contributed by atoms with Crippen LogP contribution in [0.3, 0.4) is 0 Å². The van der Waals surface area contributed by atoms with Gasteiger partial charge in [-0.05, 0) is 55.7 Å². The van der Waals surface area contributed by atoms with E-state index in [4.69, 9.17) is 0 Å². The smallest absolute Gasteiger partial charge is 0.266 e. The highest BCUT2D eigenvalue weighted by Gasteiger charge is 2.37. The molecule has 4 rings (SSSR count). The number of aromatic nitrogens is 3. The van der Waals surface area contributed by atoms with Crippen LogP contribution < -0.4 is 4.31 Å². The molecule has 3 aromatic rings. The van der Waals surface area contributed by atoms with Gasteiger partial charge < -0.3 is 0 Å². The quantitative estimate of drug-likeness (QED) is 0.673. The van der Waals surface area contributed by atoms with Crippen molar-refractivity contribution in [1.29, 1.82) is 0 Å². The minimum Gasteiger partial charge on any atom is -0.290 e. The third kappa shape index (κ3) is 2.88. The topological polar surface area (TPSA) is 68.1 Å². The second-order valence-corrected chi connectivity index (χ2v) is 9.16. The van der Waals surface area contributed by atoms with Crippen LogP contribution in [0.25, 0.3) is 5.82 Å². The van der Waals surface area contributed by atoms with Gasteiger partial charge in [0.2, 0.25) is 0 Å². The predicted molar refractivity (Wildman–Crippen MR) is 105 cm³/mol. The van der Waals surface area contributed by atoms with Crippen molar-refractivity contribution in [2.24, 2.45) is 0 Å². The Balaban J connectivity index is 1.78. The largest absolute Gasteiger partial charge is 0.290 e. The van der Waals surface area contributed by atoms with E-state index in [0.29, 0.717) is 22.6 Å². The minimum absolute atomic E-state index is 0.0827. The van der Waals surface area contributed by atoms with Gasteiger partial charge in [0, 0.05) is 18.7 Å². The molecule has 0 fully saturated rings. The molecule has 0 N–H and O–H groups in total. The summed E-state index contributed by atoms with van der Waals surface area (Å²) in [5.41, 5.74) is 3.34. The molecule has 1 aliphatic rings. The van der Waals surface area contributed by atoms with Gasteiger partial charge in [0.1, 0.15) is 22.9 Å². The lowest BCUT2D eigenvalue weighted by molar-refractivity contribution is 0.589. The van der Waals surface area contributed by atoms with E-state index in [1.54, 1.807) is 30.8 Å². The molecule has 1 aromatic carbocycles. The number of hydrogen-bond acceptors (Lipinski definition) is 4. The Morgan fingerprint density at radius 1 is 1.11 bits per heavy atom. The summed E-state index contributed by atoms with van der Waals surface area (Å²) in [4.78, 5) is 8.65. The van der Waals surface area contributed by atoms with Crippen LogP contribution in [0.4, 0.5) is 10.1 Å². The number of imidazole rings is 1. The van der Waals surface area contributed by atoms with Gasteiger partial charge in [-0.1, -0.05) is 6.92 Å². The number of nitrogens with zero attached hydrogens (tertiary/aromatic N) is 4. The zero-order valence-electron chi connectivity index (χ0n) is 16.1. The molecule has 8 heteroatoms. The molecule has 0 saturated heterocycles. The molecule has 1 aliphatic heterocycles. The Labute approximate surface area is 163 Å². The molecule has 6 nitrogen and oxygen atoms in total. The minimum atomic E-state index is -3.82. The average Bonchev–Trinajstić information content (AvgIpc) is 3.19. The maximum Gasteiger partial charge on any atom is 0.266 e. The molecule has 0 aliphatic carbocycles. The molecule has 0 amide bonds. The molecule has 1 atom stereocenters. The second kappa shape index (κ2) is 6.41. The van der Waals surface area contributed by atoms with Crippen molar-refractivity contribution in [1.82, 2.24) is 14.5 Å². The molecule has 28 heavy (non-hydrogen) atoms. The van der Waals surface area contributed by atoms with Crippen LogP contribution in [0.5, 0.6) is 0 Å². The SMILES string of the molecule is Cc1cn(-c2cc(C)c(S(=O)(=O)N3C[C@H](C)c4cc(F)cc(C)c43)cn2)cn1. The van der Waals surface area contributed by atoms with E-state index in [1.807, 2.05) is 20.0 Å². The summed E-state index contributed by atoms with van der Waals surface area (Å²) >= 11 is 0. The lowest BCUT2D eigenvalue weighted by Gasteiger charge is -2.22. The maximum absolute atomic E-state index is 13.8. The number of anilines is 1. The van der Waals surface area contributed by atoms with Crippen molar-refractivity contribution in [2.45, 2.75) is 38.5 Å². The van der Waals surface area contributed by atoms with Crippen LogP contribution in [0.15, 0.2) is 41.8 Å². The van der Waals surface area contributed by atoms with Crippen LogP contribution in [-0.4, -0.2) is 29.5 Å². The Bertz CT molecular complexity index is 1190. The molecular weight excluding hydrogens is 379 g/mol. The number of fused-ring (bicyclic) bond motifs is 1. The number of hydrogen-bond donors (Lipinski definition) is 0. The van der Waals surface area contributed by atoms with Gasteiger partial charge >= 0.3 is 0 Å². The van der Waals surface area contributed by atoms with E-state index in [0.717, 1.165) is 11.3 Å². The summed E-state index contributed by atoms with van der Waals surface area (Å²) in [5.74, 6) is 0.173. The first-order chi connectivity index (χ1) is 13.2. The van der Waals surface area contributed by atoms with Crippen molar-refractivity contribution < 1.29 is 12.8 Å². The number of sulfonamides is 1. The molecule has 0 saturated carbocycles. The van der Waals surface area contributed by atoms with Crippen LogP contribution in [-0.2, 0) is 10.0 Å². The first-order valence-electron chi connectivity index (χ1n) is 8.99. The highest BCUT2D eigenvalue weighted by Crippen LogP contribution is 2.42. The first kappa shape index (κ1) is 18.6. The van der Waals surface area contributed by atoms with Gasteiger partial charge in [-0.2, -0.15) is 0 Å². The maximum atomic E-state index is 13.8. The third-order valence-electron chi connectivity index (χ3n) is 5.11. The summed E-state index contributed by atoms with van der Waals surface area (Å²) in [7, 11) is -3.82. The standard InChI is InChI=1S/C20H21FN4O2S/c1-12-6-19(24-10-15(4)23-11-24)22-8-18(12)28(26,27)25-9-14(3)17-7-16(21)5-13(2)20(17)25/h5-8,10-11,14H,9H2,1-4H3/t14-/m0/s1. The lowest BCUT2D eigenvalue weighted by Crippen LogP contribution is -2.31. The van der Waals surface area contributed by atoms with Crippen molar-refractivity contribution in [3.63, 3.8) is 0 Å². The van der Waals surface area contributed by atoms with Crippen LogP contribution in [0, 0.1) is 26.6 Å². The van der Waals surface area contributed by atoms with Gasteiger partial charge in [-0.25, -0.2) is 22.8 Å². The fourth-order valence-corrected chi connectivity index (χ4v) is 5.54. The molecule has 0 bridgehead atoms. The summed E-state index contributed by atoms with van der Waals surface area (Å²) in [6.45, 7) is 7.55. The van der Waals surface area contributed by atoms with Crippen molar-refractivity contribution >= 4 is 15.7 Å². The number of benzene rings is 1. The molecule has 2 aromatic heterocycles. The van der Waals surface area contributed by atoms with Gasteiger partial charge in [0.25, 0.3) is 10.0 Å². The zero-order chi connectivity index (χ0) is 20.2. The van der Waals surface area contributed by atoms with E-state index >= 15 is 0 Å². The first-order valence-corrected chi connectivity index (χ1v) is 10.4. The average molecular weight is 400 g/mol. The number of rotatable bonds is 3. The summed E-state index contributed by atoms with van der Waals surface area (Å²) in [6.07, 6.45) is 4.85. The molecular formula is C20H21FN4O2S. The molecule has 146 valence electrons. The fourth-order valence-electron chi connectivity index (χ4n) is 3.74. The fraction of sp³-hybridized carbons (Fsp3) is 0.300. The molecule has 0 radical (unpaired) electrons. The van der Waals surface area contributed by atoms with Crippen molar-refractivity contribution in [2.75, 3.05) is 10.8 Å². The Morgan fingerprint density at radius 2 is 1.86 bits per heavy atom. The monoisotopic (exact) mass is 400 g/mol. The zero-order valence-corrected chi connectivity index (χ0v) is 17.0. The Morgan fingerprint density at radius 3 is 2.50 bits per heavy atom.